The summed E-state index contributed by atoms with van der Waals surface area (Å²) in [7, 11) is -3.71. The van der Waals surface area contributed by atoms with Crippen LogP contribution in [0.5, 0.6) is 0 Å². The Morgan fingerprint density at radius 1 is 0.622 bits per heavy atom. The second-order valence-electron chi connectivity index (χ2n) is 9.21. The largest absolute Gasteiger partial charge is 0.322 e. The molecule has 2 atom stereocenters. The summed E-state index contributed by atoms with van der Waals surface area (Å²) in [6.45, 7) is 10.6. The molecule has 4 aromatic rings. The van der Waals surface area contributed by atoms with E-state index in [2.05, 4.69) is 44.5 Å². The predicted octanol–water partition coefficient (Wildman–Crippen LogP) is 6.63. The quantitative estimate of drug-likeness (QED) is 0.244. The first-order valence-corrected chi connectivity index (χ1v) is 13.6. The molecule has 0 saturated carbocycles. The topological polar surface area (TPSA) is 72.2 Å². The van der Waals surface area contributed by atoms with Crippen molar-refractivity contribution in [1.82, 2.24) is 4.72 Å². The van der Waals surface area contributed by atoms with Gasteiger partial charge in [-0.05, 0) is 80.1 Å². The first kappa shape index (κ1) is 30.6. The number of benzene rings is 4. The van der Waals surface area contributed by atoms with Gasteiger partial charge in [0, 0.05) is 19.5 Å². The number of hydrogen-bond donors (Lipinski definition) is 2. The van der Waals surface area contributed by atoms with Crippen molar-refractivity contribution in [2.24, 2.45) is 5.73 Å². The molecule has 0 amide bonds. The van der Waals surface area contributed by atoms with E-state index in [4.69, 9.17) is 5.73 Å². The molecule has 0 fully saturated rings. The molecule has 0 aromatic heterocycles. The van der Waals surface area contributed by atoms with E-state index in [9.17, 15) is 8.42 Å². The van der Waals surface area contributed by atoms with Crippen molar-refractivity contribution in [3.05, 3.63) is 136 Å². The molecule has 4 aromatic carbocycles. The number of nitrogens with one attached hydrogen (secondary N) is 1. The van der Waals surface area contributed by atoms with Gasteiger partial charge in [-0.3, -0.25) is 0 Å². The van der Waals surface area contributed by atoms with Crippen LogP contribution < -0.4 is 10.5 Å². The van der Waals surface area contributed by atoms with Crippen LogP contribution in [0.1, 0.15) is 51.0 Å². The second-order valence-corrected chi connectivity index (χ2v) is 10.9. The fourth-order valence-electron chi connectivity index (χ4n) is 3.92. The molecule has 4 nitrogen and oxygen atoms in total. The van der Waals surface area contributed by atoms with Crippen LogP contribution in [0, 0.1) is 34.6 Å². The first-order valence-electron chi connectivity index (χ1n) is 12.1. The summed E-state index contributed by atoms with van der Waals surface area (Å²) in [5.41, 5.74) is 14.8. The average Bonchev–Trinajstić information content (AvgIpc) is 2.89. The minimum atomic E-state index is -3.71. The van der Waals surface area contributed by atoms with E-state index in [1.807, 2.05) is 67.6 Å². The second kappa shape index (κ2) is 13.8. The van der Waals surface area contributed by atoms with Crippen LogP contribution in [-0.4, -0.2) is 8.42 Å². The van der Waals surface area contributed by atoms with Crippen molar-refractivity contribution < 1.29 is 27.9 Å². The van der Waals surface area contributed by atoms with Gasteiger partial charge >= 0.3 is 0 Å². The molecule has 0 bridgehead atoms. The number of aryl methyl sites for hydroxylation is 3. The fourth-order valence-corrected chi connectivity index (χ4v) is 5.17. The SMILES string of the molecule is Cc1ccc(C)c(C)c1C.Cc1ccc(S(=O)(=O)N[C@@H](c2ccccc2)[C@@H](N)c2ccccc2)cc1.[Ru]. The minimum Gasteiger partial charge on any atom is -0.322 e. The zero-order valence-electron chi connectivity index (χ0n) is 22.0. The molecule has 4 rings (SSSR count). The van der Waals surface area contributed by atoms with Crippen LogP contribution in [-0.2, 0) is 29.5 Å². The molecule has 37 heavy (non-hydrogen) atoms. The molecular weight excluding hydrogens is 565 g/mol. The predicted molar refractivity (Wildman–Crippen MR) is 149 cm³/mol. The number of hydrogen-bond acceptors (Lipinski definition) is 3. The van der Waals surface area contributed by atoms with Crippen molar-refractivity contribution in [2.45, 2.75) is 51.6 Å². The molecule has 6 heteroatoms. The Hall–Kier alpha value is -2.63. The molecule has 0 saturated heterocycles. The number of nitrogens with two attached hydrogens (primary N) is 1. The summed E-state index contributed by atoms with van der Waals surface area (Å²) in [5.74, 6) is 0. The van der Waals surface area contributed by atoms with E-state index in [0.29, 0.717) is 0 Å². The van der Waals surface area contributed by atoms with Crippen LogP contribution in [0.25, 0.3) is 0 Å². The van der Waals surface area contributed by atoms with Crippen molar-refractivity contribution in [2.75, 3.05) is 0 Å². The Morgan fingerprint density at radius 3 is 1.51 bits per heavy atom. The molecule has 0 heterocycles. The van der Waals surface area contributed by atoms with Crippen LogP contribution >= 0.6 is 0 Å². The van der Waals surface area contributed by atoms with Crippen molar-refractivity contribution in [3.8, 4) is 0 Å². The van der Waals surface area contributed by atoms with E-state index in [1.165, 1.54) is 22.3 Å². The van der Waals surface area contributed by atoms with Gasteiger partial charge in [-0.1, -0.05) is 90.5 Å². The van der Waals surface area contributed by atoms with Crippen LogP contribution in [0.15, 0.2) is 102 Å². The van der Waals surface area contributed by atoms with E-state index < -0.39 is 22.1 Å². The molecule has 3 N–H and O–H groups in total. The molecule has 0 radical (unpaired) electrons. The Kier molecular flexibility index (Phi) is 11.4. The van der Waals surface area contributed by atoms with E-state index >= 15 is 0 Å². The van der Waals surface area contributed by atoms with Crippen molar-refractivity contribution in [1.29, 1.82) is 0 Å². The van der Waals surface area contributed by atoms with Gasteiger partial charge in [0.2, 0.25) is 10.0 Å². The summed E-state index contributed by atoms with van der Waals surface area (Å²) in [5, 5.41) is 0. The molecule has 0 aliphatic heterocycles. The van der Waals surface area contributed by atoms with Gasteiger partial charge in [0.25, 0.3) is 0 Å². The average molecular weight is 602 g/mol. The number of sulfonamides is 1. The smallest absolute Gasteiger partial charge is 0.241 e. The zero-order valence-corrected chi connectivity index (χ0v) is 24.6. The molecule has 0 aliphatic rings. The Bertz CT molecular complexity index is 1350. The van der Waals surface area contributed by atoms with Crippen LogP contribution in [0.3, 0.4) is 0 Å². The normalized spacial score (nSPS) is 12.5. The maximum atomic E-state index is 12.9. The molecular formula is C31H36N2O2RuS. The third kappa shape index (κ3) is 8.18. The van der Waals surface area contributed by atoms with Gasteiger partial charge in [0.1, 0.15) is 0 Å². The molecule has 0 unspecified atom stereocenters. The fraction of sp³-hybridized carbons (Fsp3) is 0.226. The maximum Gasteiger partial charge on any atom is 0.241 e. The van der Waals surface area contributed by atoms with E-state index in [1.54, 1.807) is 24.3 Å². The minimum absolute atomic E-state index is 0. The standard InChI is InChI=1S/C21H22N2O2S.C10H14.Ru/c1-16-12-14-19(15-13-16)26(24,25)23-21(18-10-6-3-7-11-18)20(22)17-8-4-2-5-9-17;1-7-5-6-8(2)10(4)9(7)3;/h2-15,20-21,23H,22H2,1H3;5-6H,1-4H3;/t20-,21-;;/m0../s1. The van der Waals surface area contributed by atoms with Crippen molar-refractivity contribution in [3.63, 3.8) is 0 Å². The summed E-state index contributed by atoms with van der Waals surface area (Å²) in [6.07, 6.45) is 0. The third-order valence-electron chi connectivity index (χ3n) is 6.64. The Labute approximate surface area is 235 Å². The monoisotopic (exact) mass is 602 g/mol. The van der Waals surface area contributed by atoms with Crippen LogP contribution in [0.4, 0.5) is 0 Å². The number of rotatable bonds is 6. The van der Waals surface area contributed by atoms with Crippen molar-refractivity contribution >= 4 is 10.0 Å². The van der Waals surface area contributed by atoms with Gasteiger partial charge < -0.3 is 5.73 Å². The molecule has 196 valence electrons. The summed E-state index contributed by atoms with van der Waals surface area (Å²) in [6, 6.07) is 28.9. The van der Waals surface area contributed by atoms with Gasteiger partial charge in [-0.25, -0.2) is 13.1 Å². The molecule has 0 aliphatic carbocycles. The van der Waals surface area contributed by atoms with Crippen LogP contribution in [0.2, 0.25) is 0 Å². The zero-order chi connectivity index (χ0) is 26.3. The summed E-state index contributed by atoms with van der Waals surface area (Å²) < 4.78 is 28.6. The Balaban J connectivity index is 0.000000369. The Morgan fingerprint density at radius 2 is 1.05 bits per heavy atom. The summed E-state index contributed by atoms with van der Waals surface area (Å²) >= 11 is 0. The summed E-state index contributed by atoms with van der Waals surface area (Å²) in [4.78, 5) is 0.226. The molecule has 0 spiro atoms. The third-order valence-corrected chi connectivity index (χ3v) is 8.10. The van der Waals surface area contributed by atoms with Gasteiger partial charge in [-0.15, -0.1) is 0 Å². The van der Waals surface area contributed by atoms with Gasteiger partial charge in [0.15, 0.2) is 0 Å². The maximum absolute atomic E-state index is 12.9. The van der Waals surface area contributed by atoms with Gasteiger partial charge in [0.05, 0.1) is 17.0 Å². The van der Waals surface area contributed by atoms with E-state index in [-0.39, 0.29) is 24.4 Å². The first-order chi connectivity index (χ1) is 17.1. The van der Waals surface area contributed by atoms with E-state index in [0.717, 1.165) is 16.7 Å². The van der Waals surface area contributed by atoms with Gasteiger partial charge in [-0.2, -0.15) is 0 Å².